The molecule has 1 aromatic carbocycles. The Labute approximate surface area is 69.8 Å². The average Bonchev–Trinajstić information content (AvgIpc) is 2.05. The standard InChI is InChI=1S/C7H9NS2/c8-5-6-2-1-3-7(4-6)10-9/h1-4,9H,5,8H2. The van der Waals surface area contributed by atoms with E-state index in [9.17, 15) is 0 Å². The second kappa shape index (κ2) is 3.91. The van der Waals surface area contributed by atoms with Crippen molar-refractivity contribution in [1.29, 1.82) is 0 Å². The van der Waals surface area contributed by atoms with Crippen LogP contribution in [0.4, 0.5) is 0 Å². The first kappa shape index (κ1) is 7.98. The first-order valence-electron chi connectivity index (χ1n) is 2.97. The van der Waals surface area contributed by atoms with Gasteiger partial charge in [-0.05, 0) is 17.7 Å². The van der Waals surface area contributed by atoms with Crippen LogP contribution < -0.4 is 5.73 Å². The highest BCUT2D eigenvalue weighted by molar-refractivity contribution is 8.68. The summed E-state index contributed by atoms with van der Waals surface area (Å²) in [6, 6.07) is 8.04. The Morgan fingerprint density at radius 2 is 2.30 bits per heavy atom. The summed E-state index contributed by atoms with van der Waals surface area (Å²) in [5.74, 6) is 0. The zero-order valence-corrected chi connectivity index (χ0v) is 7.16. The highest BCUT2D eigenvalue weighted by atomic mass is 33.1. The summed E-state index contributed by atoms with van der Waals surface area (Å²) in [6.45, 7) is 0.599. The molecular weight excluding hydrogens is 162 g/mol. The Bertz CT molecular complexity index is 193. The Kier molecular flexibility index (Phi) is 3.12. The Morgan fingerprint density at radius 3 is 2.90 bits per heavy atom. The van der Waals surface area contributed by atoms with Crippen molar-refractivity contribution in [2.24, 2.45) is 5.73 Å². The molecule has 0 saturated heterocycles. The molecule has 10 heavy (non-hydrogen) atoms. The molecule has 2 N–H and O–H groups in total. The minimum Gasteiger partial charge on any atom is -0.326 e. The van der Waals surface area contributed by atoms with Gasteiger partial charge in [-0.2, -0.15) is 0 Å². The van der Waals surface area contributed by atoms with Crippen molar-refractivity contribution in [1.82, 2.24) is 0 Å². The fourth-order valence-corrected chi connectivity index (χ4v) is 1.41. The van der Waals surface area contributed by atoms with E-state index in [0.717, 1.165) is 10.5 Å². The lowest BCUT2D eigenvalue weighted by atomic mass is 10.2. The fraction of sp³-hybridized carbons (Fsp3) is 0.143. The van der Waals surface area contributed by atoms with E-state index in [4.69, 9.17) is 5.73 Å². The molecule has 0 fully saturated rings. The van der Waals surface area contributed by atoms with Gasteiger partial charge in [0.2, 0.25) is 0 Å². The summed E-state index contributed by atoms with van der Waals surface area (Å²) in [5.41, 5.74) is 6.59. The van der Waals surface area contributed by atoms with Crippen LogP contribution >= 0.6 is 22.5 Å². The third kappa shape index (κ3) is 1.94. The molecular formula is C7H9NS2. The normalized spacial score (nSPS) is 9.80. The largest absolute Gasteiger partial charge is 0.326 e. The van der Waals surface area contributed by atoms with Crippen LogP contribution in [0.2, 0.25) is 0 Å². The molecule has 3 heteroatoms. The number of benzene rings is 1. The topological polar surface area (TPSA) is 26.0 Å². The van der Waals surface area contributed by atoms with Crippen LogP contribution in [0.3, 0.4) is 0 Å². The first-order chi connectivity index (χ1) is 4.86. The Morgan fingerprint density at radius 1 is 1.50 bits per heavy atom. The molecule has 0 aromatic heterocycles. The van der Waals surface area contributed by atoms with Gasteiger partial charge in [0.15, 0.2) is 0 Å². The van der Waals surface area contributed by atoms with Crippen LogP contribution in [-0.4, -0.2) is 0 Å². The van der Waals surface area contributed by atoms with Crippen molar-refractivity contribution in [3.63, 3.8) is 0 Å². The predicted octanol–water partition coefficient (Wildman–Crippen LogP) is 2.08. The van der Waals surface area contributed by atoms with E-state index in [2.05, 4.69) is 11.7 Å². The second-order valence-electron chi connectivity index (χ2n) is 1.94. The van der Waals surface area contributed by atoms with Crippen LogP contribution in [0.1, 0.15) is 5.56 Å². The Hall–Kier alpha value is -0.120. The van der Waals surface area contributed by atoms with Crippen molar-refractivity contribution in [2.75, 3.05) is 0 Å². The molecule has 0 aliphatic heterocycles. The first-order valence-corrected chi connectivity index (χ1v) is 4.84. The van der Waals surface area contributed by atoms with Crippen LogP contribution in [0, 0.1) is 0 Å². The van der Waals surface area contributed by atoms with Gasteiger partial charge in [-0.25, -0.2) is 0 Å². The SMILES string of the molecule is NCc1cccc(SS)c1. The molecule has 54 valence electrons. The number of hydrogen-bond donors (Lipinski definition) is 2. The van der Waals surface area contributed by atoms with Gasteiger partial charge >= 0.3 is 0 Å². The maximum atomic E-state index is 5.44. The summed E-state index contributed by atoms with van der Waals surface area (Å²) in [4.78, 5) is 1.14. The molecule has 0 aliphatic rings. The van der Waals surface area contributed by atoms with Crippen LogP contribution in [0.5, 0.6) is 0 Å². The van der Waals surface area contributed by atoms with Crippen LogP contribution in [0.25, 0.3) is 0 Å². The number of rotatable bonds is 2. The smallest absolute Gasteiger partial charge is 0.0183 e. The van der Waals surface area contributed by atoms with Gasteiger partial charge in [-0.3, -0.25) is 0 Å². The van der Waals surface area contributed by atoms with Crippen LogP contribution in [-0.2, 0) is 6.54 Å². The second-order valence-corrected chi connectivity index (χ2v) is 3.14. The summed E-state index contributed by atoms with van der Waals surface area (Å²) >= 11 is 4.07. The predicted molar refractivity (Wildman–Crippen MR) is 49.2 cm³/mol. The van der Waals surface area contributed by atoms with Crippen molar-refractivity contribution in [3.05, 3.63) is 29.8 Å². The molecule has 1 rings (SSSR count). The highest BCUT2D eigenvalue weighted by Crippen LogP contribution is 2.21. The van der Waals surface area contributed by atoms with Gasteiger partial charge in [-0.1, -0.05) is 22.9 Å². The number of hydrogen-bond acceptors (Lipinski definition) is 3. The number of thiol groups is 1. The average molecular weight is 171 g/mol. The van der Waals surface area contributed by atoms with Crippen molar-refractivity contribution < 1.29 is 0 Å². The van der Waals surface area contributed by atoms with E-state index >= 15 is 0 Å². The third-order valence-corrected chi connectivity index (χ3v) is 2.34. The summed E-state index contributed by atoms with van der Waals surface area (Å²) in [7, 11) is 1.44. The molecule has 1 nitrogen and oxygen atoms in total. The van der Waals surface area contributed by atoms with E-state index in [0.29, 0.717) is 6.54 Å². The van der Waals surface area contributed by atoms with E-state index in [-0.39, 0.29) is 0 Å². The van der Waals surface area contributed by atoms with Gasteiger partial charge in [0, 0.05) is 11.4 Å². The lowest BCUT2D eigenvalue weighted by Gasteiger charge is -1.97. The van der Waals surface area contributed by atoms with Gasteiger partial charge in [-0.15, -0.1) is 11.7 Å². The molecule has 0 bridgehead atoms. The zero-order valence-electron chi connectivity index (χ0n) is 5.45. The number of nitrogens with two attached hydrogens (primary N) is 1. The fourth-order valence-electron chi connectivity index (χ4n) is 0.729. The lowest BCUT2D eigenvalue weighted by Crippen LogP contribution is -1.94. The lowest BCUT2D eigenvalue weighted by molar-refractivity contribution is 1.06. The van der Waals surface area contributed by atoms with Gasteiger partial charge in [0.25, 0.3) is 0 Å². The molecule has 0 radical (unpaired) electrons. The van der Waals surface area contributed by atoms with E-state index in [1.807, 2.05) is 24.3 Å². The van der Waals surface area contributed by atoms with Gasteiger partial charge in [0.1, 0.15) is 0 Å². The van der Waals surface area contributed by atoms with E-state index in [1.165, 1.54) is 10.8 Å². The van der Waals surface area contributed by atoms with Crippen LogP contribution in [0.15, 0.2) is 29.2 Å². The molecule has 0 atom stereocenters. The maximum absolute atomic E-state index is 5.44. The minimum absolute atomic E-state index is 0.599. The molecule has 0 saturated carbocycles. The maximum Gasteiger partial charge on any atom is 0.0183 e. The third-order valence-electron chi connectivity index (χ3n) is 1.24. The van der Waals surface area contributed by atoms with Gasteiger partial charge in [0.05, 0.1) is 0 Å². The molecule has 0 unspecified atom stereocenters. The molecule has 0 amide bonds. The van der Waals surface area contributed by atoms with E-state index < -0.39 is 0 Å². The molecule has 0 heterocycles. The summed E-state index contributed by atoms with van der Waals surface area (Å²) in [5, 5.41) is 0. The zero-order chi connectivity index (χ0) is 7.40. The monoisotopic (exact) mass is 171 g/mol. The highest BCUT2D eigenvalue weighted by Gasteiger charge is 1.90. The van der Waals surface area contributed by atoms with E-state index in [1.54, 1.807) is 0 Å². The van der Waals surface area contributed by atoms with Gasteiger partial charge < -0.3 is 5.73 Å². The summed E-state index contributed by atoms with van der Waals surface area (Å²) in [6.07, 6.45) is 0. The van der Waals surface area contributed by atoms with Crippen molar-refractivity contribution >= 4 is 22.5 Å². The summed E-state index contributed by atoms with van der Waals surface area (Å²) < 4.78 is 0. The van der Waals surface area contributed by atoms with Crippen molar-refractivity contribution in [2.45, 2.75) is 11.4 Å². The van der Waals surface area contributed by atoms with Crippen molar-refractivity contribution in [3.8, 4) is 0 Å². The molecule has 0 aliphatic carbocycles. The quantitative estimate of drug-likeness (QED) is 0.526. The Balaban J connectivity index is 2.87. The molecule has 1 aromatic rings. The minimum atomic E-state index is 0.599. The molecule has 0 spiro atoms.